The fraction of sp³-hybridized carbons (Fsp3) is 0.235. The number of aromatic nitrogens is 2. The normalized spacial score (nSPS) is 10.8. The Hall–Kier alpha value is -3.34. The number of methoxy groups -OCH3 is 1. The number of hydrogen-bond acceptors (Lipinski definition) is 9. The second-order valence-corrected chi connectivity index (χ2v) is 7.27. The Labute approximate surface area is 162 Å². The van der Waals surface area contributed by atoms with Crippen LogP contribution in [0.5, 0.6) is 11.5 Å². The highest BCUT2D eigenvalue weighted by Gasteiger charge is 2.16. The number of anilines is 3. The molecule has 1 aromatic heterocycles. The Morgan fingerprint density at radius 1 is 1.36 bits per heavy atom. The number of hydrogen-bond donors (Lipinski definition) is 3. The van der Waals surface area contributed by atoms with E-state index in [1.165, 1.54) is 32.4 Å². The van der Waals surface area contributed by atoms with Crippen LogP contribution in [-0.4, -0.2) is 43.7 Å². The number of ether oxygens (including phenoxy) is 1. The monoisotopic (exact) mass is 407 g/mol. The number of nitrogens with one attached hydrogen (secondary N) is 2. The third kappa shape index (κ3) is 5.33. The number of amides is 1. The van der Waals surface area contributed by atoms with Gasteiger partial charge in [-0.25, -0.2) is 4.98 Å². The van der Waals surface area contributed by atoms with Crippen molar-refractivity contribution in [3.8, 4) is 11.5 Å². The van der Waals surface area contributed by atoms with Gasteiger partial charge in [0.15, 0.2) is 11.5 Å². The second-order valence-electron chi connectivity index (χ2n) is 5.41. The highest BCUT2D eigenvalue weighted by molar-refractivity contribution is 7.87. The summed E-state index contributed by atoms with van der Waals surface area (Å²) in [5, 5.41) is 5.82. The van der Waals surface area contributed by atoms with Crippen molar-refractivity contribution in [2.45, 2.75) is 6.92 Å². The molecule has 150 valence electrons. The summed E-state index contributed by atoms with van der Waals surface area (Å²) in [7, 11) is -2.34. The van der Waals surface area contributed by atoms with Crippen molar-refractivity contribution in [2.24, 2.45) is 5.73 Å². The Morgan fingerprint density at radius 2 is 2.11 bits per heavy atom. The third-order valence-corrected chi connectivity index (χ3v) is 4.60. The first-order valence-electron chi connectivity index (χ1n) is 8.18. The molecule has 0 spiro atoms. The van der Waals surface area contributed by atoms with Crippen LogP contribution in [-0.2, 0) is 10.1 Å². The van der Waals surface area contributed by atoms with E-state index in [9.17, 15) is 13.2 Å². The van der Waals surface area contributed by atoms with Crippen LogP contribution >= 0.6 is 0 Å². The standard InChI is InChI=1S/C17H21N5O5S/c1-4-8-19-16-12(15(18)23)10-20-17(22-16)21-11-6-7-13(26-3)14(9-11)27-28(24,25)5-2/h4,6-7,9-10H,1,5,8H2,2-3H3,(H2,18,23)(H2,19,20,21,22). The summed E-state index contributed by atoms with van der Waals surface area (Å²) >= 11 is 0. The van der Waals surface area contributed by atoms with Gasteiger partial charge in [0.1, 0.15) is 5.82 Å². The molecule has 4 N–H and O–H groups in total. The fourth-order valence-corrected chi connectivity index (χ4v) is 2.59. The Balaban J connectivity index is 2.34. The molecule has 2 rings (SSSR count). The number of nitrogens with zero attached hydrogens (tertiary/aromatic N) is 2. The lowest BCUT2D eigenvalue weighted by atomic mass is 10.2. The van der Waals surface area contributed by atoms with Gasteiger partial charge in [0.25, 0.3) is 5.91 Å². The van der Waals surface area contributed by atoms with Gasteiger partial charge in [0.05, 0.1) is 18.4 Å². The molecule has 0 bridgehead atoms. The van der Waals surface area contributed by atoms with Gasteiger partial charge in [-0.3, -0.25) is 4.79 Å². The molecule has 0 atom stereocenters. The molecule has 0 saturated heterocycles. The summed E-state index contributed by atoms with van der Waals surface area (Å²) in [6, 6.07) is 4.61. The zero-order chi connectivity index (χ0) is 20.7. The molecule has 0 aliphatic carbocycles. The van der Waals surface area contributed by atoms with Crippen LogP contribution in [0, 0.1) is 0 Å². The van der Waals surface area contributed by atoms with Crippen LogP contribution in [0.4, 0.5) is 17.5 Å². The Bertz CT molecular complexity index is 978. The van der Waals surface area contributed by atoms with E-state index in [1.807, 2.05) is 0 Å². The minimum Gasteiger partial charge on any atom is -0.493 e. The van der Waals surface area contributed by atoms with Crippen molar-refractivity contribution < 1.29 is 22.1 Å². The molecule has 0 radical (unpaired) electrons. The quantitative estimate of drug-likeness (QED) is 0.395. The van der Waals surface area contributed by atoms with Crippen molar-refractivity contribution in [1.29, 1.82) is 0 Å². The number of nitrogens with two attached hydrogens (primary N) is 1. The summed E-state index contributed by atoms with van der Waals surface area (Å²) in [4.78, 5) is 19.8. The minimum absolute atomic E-state index is 0.0214. The predicted molar refractivity (Wildman–Crippen MR) is 106 cm³/mol. The predicted octanol–water partition coefficient (Wildman–Crippen LogP) is 1.65. The van der Waals surface area contributed by atoms with E-state index in [0.29, 0.717) is 12.2 Å². The summed E-state index contributed by atoms with van der Waals surface area (Å²) < 4.78 is 33.7. The molecule has 28 heavy (non-hydrogen) atoms. The van der Waals surface area contributed by atoms with Gasteiger partial charge < -0.3 is 25.3 Å². The maximum atomic E-state index is 11.8. The topological polar surface area (TPSA) is 146 Å². The van der Waals surface area contributed by atoms with Crippen molar-refractivity contribution in [3.63, 3.8) is 0 Å². The molecule has 0 aliphatic rings. The molecule has 11 heteroatoms. The third-order valence-electron chi connectivity index (χ3n) is 3.46. The molecule has 1 aromatic carbocycles. The first-order valence-corrected chi connectivity index (χ1v) is 9.76. The molecular weight excluding hydrogens is 386 g/mol. The number of rotatable bonds is 10. The van der Waals surface area contributed by atoms with Gasteiger partial charge in [0.2, 0.25) is 5.95 Å². The molecule has 1 heterocycles. The SMILES string of the molecule is C=CCNc1nc(Nc2ccc(OC)c(OS(=O)(=O)CC)c2)ncc1C(N)=O. The number of primary amides is 1. The second kappa shape index (κ2) is 9.04. The molecule has 0 unspecified atom stereocenters. The maximum Gasteiger partial charge on any atom is 0.309 e. The summed E-state index contributed by atoms with van der Waals surface area (Å²) in [6.45, 7) is 5.43. The van der Waals surface area contributed by atoms with E-state index >= 15 is 0 Å². The average molecular weight is 407 g/mol. The van der Waals surface area contributed by atoms with Crippen LogP contribution in [0.2, 0.25) is 0 Å². The van der Waals surface area contributed by atoms with Crippen LogP contribution in [0.15, 0.2) is 37.1 Å². The van der Waals surface area contributed by atoms with Gasteiger partial charge >= 0.3 is 10.1 Å². The van der Waals surface area contributed by atoms with E-state index in [1.54, 1.807) is 12.1 Å². The summed E-state index contributed by atoms with van der Waals surface area (Å²) in [6.07, 6.45) is 2.88. The maximum absolute atomic E-state index is 11.8. The van der Waals surface area contributed by atoms with E-state index < -0.39 is 16.0 Å². The zero-order valence-electron chi connectivity index (χ0n) is 15.4. The average Bonchev–Trinajstić information content (AvgIpc) is 2.66. The van der Waals surface area contributed by atoms with E-state index in [2.05, 4.69) is 27.2 Å². The van der Waals surface area contributed by atoms with Gasteiger partial charge in [-0.2, -0.15) is 13.4 Å². The van der Waals surface area contributed by atoms with Crippen LogP contribution < -0.4 is 25.3 Å². The zero-order valence-corrected chi connectivity index (χ0v) is 16.2. The summed E-state index contributed by atoms with van der Waals surface area (Å²) in [5.74, 6) is -0.198. The molecular formula is C17H21N5O5S. The van der Waals surface area contributed by atoms with Crippen molar-refractivity contribution in [1.82, 2.24) is 9.97 Å². The van der Waals surface area contributed by atoms with E-state index in [0.717, 1.165) is 0 Å². The highest BCUT2D eigenvalue weighted by Crippen LogP contribution is 2.32. The van der Waals surface area contributed by atoms with Gasteiger partial charge in [-0.05, 0) is 19.1 Å². The van der Waals surface area contributed by atoms with Crippen LogP contribution in [0.25, 0.3) is 0 Å². The van der Waals surface area contributed by atoms with E-state index in [-0.39, 0.29) is 34.6 Å². The van der Waals surface area contributed by atoms with Crippen LogP contribution in [0.1, 0.15) is 17.3 Å². The van der Waals surface area contributed by atoms with Crippen molar-refractivity contribution in [2.75, 3.05) is 30.0 Å². The Morgan fingerprint density at radius 3 is 2.71 bits per heavy atom. The molecule has 10 nitrogen and oxygen atoms in total. The minimum atomic E-state index is -3.74. The molecule has 1 amide bonds. The molecule has 0 aliphatic heterocycles. The van der Waals surface area contributed by atoms with Gasteiger partial charge in [-0.1, -0.05) is 6.08 Å². The first kappa shape index (κ1) is 21.0. The molecule has 2 aromatic rings. The van der Waals surface area contributed by atoms with Gasteiger partial charge in [-0.15, -0.1) is 6.58 Å². The molecule has 0 saturated carbocycles. The first-order chi connectivity index (χ1) is 13.3. The lowest BCUT2D eigenvalue weighted by Gasteiger charge is -2.13. The van der Waals surface area contributed by atoms with Crippen LogP contribution in [0.3, 0.4) is 0 Å². The van der Waals surface area contributed by atoms with E-state index in [4.69, 9.17) is 14.7 Å². The number of carbonyl (C=O) groups excluding carboxylic acids is 1. The lowest BCUT2D eigenvalue weighted by Crippen LogP contribution is -2.17. The molecule has 0 fully saturated rings. The van der Waals surface area contributed by atoms with Crippen molar-refractivity contribution >= 4 is 33.5 Å². The summed E-state index contributed by atoms with van der Waals surface area (Å²) in [5.41, 5.74) is 5.89. The smallest absolute Gasteiger partial charge is 0.309 e. The number of carbonyl (C=O) groups is 1. The largest absolute Gasteiger partial charge is 0.493 e. The Kier molecular flexibility index (Phi) is 6.77. The van der Waals surface area contributed by atoms with Crippen molar-refractivity contribution in [3.05, 3.63) is 42.6 Å². The van der Waals surface area contributed by atoms with Gasteiger partial charge in [0, 0.05) is 24.5 Å². The fourth-order valence-electron chi connectivity index (χ4n) is 2.07. The highest BCUT2D eigenvalue weighted by atomic mass is 32.2. The number of benzene rings is 1. The lowest BCUT2D eigenvalue weighted by molar-refractivity contribution is 0.100.